The third-order valence-electron chi connectivity index (χ3n) is 4.31. The quantitative estimate of drug-likeness (QED) is 0.898. The lowest BCUT2D eigenvalue weighted by atomic mass is 9.91. The van der Waals surface area contributed by atoms with Crippen LogP contribution in [0.1, 0.15) is 31.4 Å². The van der Waals surface area contributed by atoms with Gasteiger partial charge in [0.25, 0.3) is 0 Å². The van der Waals surface area contributed by atoms with Gasteiger partial charge >= 0.3 is 0 Å². The first-order chi connectivity index (χ1) is 9.31. The van der Waals surface area contributed by atoms with E-state index in [1.54, 1.807) is 7.11 Å². The van der Waals surface area contributed by atoms with Crippen molar-refractivity contribution in [3.05, 3.63) is 42.0 Å². The summed E-state index contributed by atoms with van der Waals surface area (Å²) in [5.41, 5.74) is 1.42. The molecule has 0 spiro atoms. The molecular weight excluding hydrogens is 234 g/mol. The van der Waals surface area contributed by atoms with Crippen molar-refractivity contribution in [1.82, 2.24) is 5.32 Å². The molecular formula is C17H21NO. The minimum Gasteiger partial charge on any atom is -0.497 e. The molecule has 0 amide bonds. The Hall–Kier alpha value is -1.54. The van der Waals surface area contributed by atoms with Crippen LogP contribution < -0.4 is 10.1 Å². The van der Waals surface area contributed by atoms with Gasteiger partial charge in [-0.05, 0) is 53.4 Å². The molecule has 0 radical (unpaired) electrons. The molecule has 1 aliphatic rings. The Bertz CT molecular complexity index is 578. The highest BCUT2D eigenvalue weighted by molar-refractivity contribution is 5.84. The van der Waals surface area contributed by atoms with Gasteiger partial charge in [-0.25, -0.2) is 0 Å². The molecule has 2 nitrogen and oxygen atoms in total. The van der Waals surface area contributed by atoms with Crippen LogP contribution in [0.25, 0.3) is 10.8 Å². The standard InChI is InChI=1S/C17H21NO/c1-3-12-8-9-18-17(12)15-5-4-14-11-16(19-2)7-6-13(14)10-15/h4-7,10-12,17-18H,3,8-9H2,1-2H3. The predicted molar refractivity (Wildman–Crippen MR) is 79.6 cm³/mol. The van der Waals surface area contributed by atoms with E-state index < -0.39 is 0 Å². The molecule has 1 saturated heterocycles. The molecule has 2 heteroatoms. The fraction of sp³-hybridized carbons (Fsp3) is 0.412. The van der Waals surface area contributed by atoms with Gasteiger partial charge in [0, 0.05) is 6.04 Å². The van der Waals surface area contributed by atoms with Crippen LogP contribution in [0.2, 0.25) is 0 Å². The van der Waals surface area contributed by atoms with E-state index in [1.165, 1.54) is 29.2 Å². The minimum absolute atomic E-state index is 0.525. The number of benzene rings is 2. The summed E-state index contributed by atoms with van der Waals surface area (Å²) in [6.07, 6.45) is 2.54. The minimum atomic E-state index is 0.525. The molecule has 1 aliphatic heterocycles. The lowest BCUT2D eigenvalue weighted by molar-refractivity contribution is 0.415. The second kappa shape index (κ2) is 5.22. The van der Waals surface area contributed by atoms with Gasteiger partial charge < -0.3 is 10.1 Å². The second-order valence-corrected chi connectivity index (χ2v) is 5.36. The van der Waals surface area contributed by atoms with E-state index in [4.69, 9.17) is 4.74 Å². The van der Waals surface area contributed by atoms with Gasteiger partial charge in [0.1, 0.15) is 5.75 Å². The predicted octanol–water partition coefficient (Wildman–Crippen LogP) is 3.91. The summed E-state index contributed by atoms with van der Waals surface area (Å²) >= 11 is 0. The molecule has 1 fully saturated rings. The molecule has 1 N–H and O–H groups in total. The summed E-state index contributed by atoms with van der Waals surface area (Å²) in [4.78, 5) is 0. The molecule has 1 heterocycles. The van der Waals surface area contributed by atoms with E-state index in [1.807, 2.05) is 6.07 Å². The van der Waals surface area contributed by atoms with Crippen molar-refractivity contribution in [1.29, 1.82) is 0 Å². The highest BCUT2D eigenvalue weighted by Crippen LogP contribution is 2.33. The van der Waals surface area contributed by atoms with Crippen LogP contribution >= 0.6 is 0 Å². The van der Waals surface area contributed by atoms with Gasteiger partial charge in [-0.3, -0.25) is 0 Å². The Morgan fingerprint density at radius 2 is 1.95 bits per heavy atom. The lowest BCUT2D eigenvalue weighted by Crippen LogP contribution is -2.17. The summed E-state index contributed by atoms with van der Waals surface area (Å²) in [5.74, 6) is 1.70. The fourth-order valence-corrected chi connectivity index (χ4v) is 3.15. The highest BCUT2D eigenvalue weighted by Gasteiger charge is 2.26. The van der Waals surface area contributed by atoms with Crippen molar-refractivity contribution in [3.8, 4) is 5.75 Å². The number of hydrogen-bond acceptors (Lipinski definition) is 2. The largest absolute Gasteiger partial charge is 0.497 e. The Kier molecular flexibility index (Phi) is 3.43. The molecule has 0 aliphatic carbocycles. The maximum atomic E-state index is 5.27. The molecule has 2 aromatic carbocycles. The van der Waals surface area contributed by atoms with E-state index in [2.05, 4.69) is 42.6 Å². The van der Waals surface area contributed by atoms with Gasteiger partial charge in [0.05, 0.1) is 7.11 Å². The second-order valence-electron chi connectivity index (χ2n) is 5.36. The van der Waals surface area contributed by atoms with E-state index in [9.17, 15) is 0 Å². The molecule has 2 aromatic rings. The number of rotatable bonds is 3. The number of ether oxygens (including phenoxy) is 1. The van der Waals surface area contributed by atoms with Gasteiger partial charge in [-0.15, -0.1) is 0 Å². The summed E-state index contributed by atoms with van der Waals surface area (Å²) in [7, 11) is 1.71. The highest BCUT2D eigenvalue weighted by atomic mass is 16.5. The van der Waals surface area contributed by atoms with Crippen LogP contribution in [0.5, 0.6) is 5.75 Å². The smallest absolute Gasteiger partial charge is 0.119 e. The first-order valence-corrected chi connectivity index (χ1v) is 7.13. The summed E-state index contributed by atoms with van der Waals surface area (Å²) in [6, 6.07) is 13.6. The first-order valence-electron chi connectivity index (χ1n) is 7.13. The summed E-state index contributed by atoms with van der Waals surface area (Å²) in [5, 5.41) is 6.17. The maximum Gasteiger partial charge on any atom is 0.119 e. The topological polar surface area (TPSA) is 21.3 Å². The molecule has 0 aromatic heterocycles. The average Bonchev–Trinajstić information content (AvgIpc) is 2.94. The lowest BCUT2D eigenvalue weighted by Gasteiger charge is -2.19. The molecule has 2 atom stereocenters. The monoisotopic (exact) mass is 255 g/mol. The molecule has 0 saturated carbocycles. The Morgan fingerprint density at radius 1 is 1.16 bits per heavy atom. The molecule has 0 bridgehead atoms. The summed E-state index contributed by atoms with van der Waals surface area (Å²) < 4.78 is 5.27. The van der Waals surface area contributed by atoms with Crippen LogP contribution in [-0.4, -0.2) is 13.7 Å². The van der Waals surface area contributed by atoms with Crippen LogP contribution in [0, 0.1) is 5.92 Å². The summed E-state index contributed by atoms with van der Waals surface area (Å²) in [6.45, 7) is 3.43. The van der Waals surface area contributed by atoms with Crippen molar-refractivity contribution in [2.75, 3.05) is 13.7 Å². The Labute approximate surface area is 114 Å². The molecule has 3 rings (SSSR count). The van der Waals surface area contributed by atoms with Crippen LogP contribution in [0.4, 0.5) is 0 Å². The number of methoxy groups -OCH3 is 1. The zero-order valence-corrected chi connectivity index (χ0v) is 11.6. The van der Waals surface area contributed by atoms with Crippen molar-refractivity contribution in [3.63, 3.8) is 0 Å². The van der Waals surface area contributed by atoms with E-state index in [0.29, 0.717) is 6.04 Å². The average molecular weight is 255 g/mol. The van der Waals surface area contributed by atoms with Crippen molar-refractivity contribution < 1.29 is 4.74 Å². The zero-order chi connectivity index (χ0) is 13.2. The van der Waals surface area contributed by atoms with Gasteiger partial charge in [-0.1, -0.05) is 31.5 Å². The first kappa shape index (κ1) is 12.5. The normalized spacial score (nSPS) is 22.8. The van der Waals surface area contributed by atoms with Crippen molar-refractivity contribution in [2.24, 2.45) is 5.92 Å². The molecule has 100 valence electrons. The molecule has 2 unspecified atom stereocenters. The van der Waals surface area contributed by atoms with Crippen LogP contribution in [0.15, 0.2) is 36.4 Å². The van der Waals surface area contributed by atoms with Crippen LogP contribution in [-0.2, 0) is 0 Å². The number of hydrogen-bond donors (Lipinski definition) is 1. The third kappa shape index (κ3) is 2.33. The van der Waals surface area contributed by atoms with Gasteiger partial charge in [-0.2, -0.15) is 0 Å². The Balaban J connectivity index is 1.97. The zero-order valence-electron chi connectivity index (χ0n) is 11.6. The van der Waals surface area contributed by atoms with Gasteiger partial charge in [0.15, 0.2) is 0 Å². The van der Waals surface area contributed by atoms with Crippen LogP contribution in [0.3, 0.4) is 0 Å². The number of nitrogens with one attached hydrogen (secondary N) is 1. The van der Waals surface area contributed by atoms with E-state index in [0.717, 1.165) is 18.2 Å². The number of fused-ring (bicyclic) bond motifs is 1. The fourth-order valence-electron chi connectivity index (χ4n) is 3.15. The SMILES string of the molecule is CCC1CCNC1c1ccc2cc(OC)ccc2c1. The molecule has 19 heavy (non-hydrogen) atoms. The maximum absolute atomic E-state index is 5.27. The van der Waals surface area contributed by atoms with E-state index in [-0.39, 0.29) is 0 Å². The van der Waals surface area contributed by atoms with Crippen molar-refractivity contribution in [2.45, 2.75) is 25.8 Å². The van der Waals surface area contributed by atoms with Crippen molar-refractivity contribution >= 4 is 10.8 Å². The van der Waals surface area contributed by atoms with Gasteiger partial charge in [0.2, 0.25) is 0 Å². The third-order valence-corrected chi connectivity index (χ3v) is 4.31. The van der Waals surface area contributed by atoms with E-state index >= 15 is 0 Å². The Morgan fingerprint density at radius 3 is 2.74 bits per heavy atom.